The van der Waals surface area contributed by atoms with Crippen LogP contribution in [0.15, 0.2) is 55.0 Å². The Morgan fingerprint density at radius 2 is 1.39 bits per heavy atom. The summed E-state index contributed by atoms with van der Waals surface area (Å²) >= 11 is 5.93. The van der Waals surface area contributed by atoms with Crippen molar-refractivity contribution in [3.05, 3.63) is 83.2 Å². The molecule has 4 rings (SSSR count). The van der Waals surface area contributed by atoms with Gasteiger partial charge in [0.15, 0.2) is 0 Å². The van der Waals surface area contributed by atoms with Crippen molar-refractivity contribution in [3.63, 3.8) is 0 Å². The van der Waals surface area contributed by atoms with Gasteiger partial charge in [-0.15, -0.1) is 11.6 Å². The largest absolute Gasteiger partial charge is 0.496 e. The molecule has 0 aliphatic heterocycles. The van der Waals surface area contributed by atoms with Gasteiger partial charge >= 0.3 is 0 Å². The molecule has 0 saturated heterocycles. The highest BCUT2D eigenvalue weighted by atomic mass is 35.5. The van der Waals surface area contributed by atoms with Crippen LogP contribution in [0, 0.1) is 0 Å². The molecule has 0 bridgehead atoms. The van der Waals surface area contributed by atoms with E-state index in [9.17, 15) is 24.0 Å². The molecule has 0 aliphatic rings. The van der Waals surface area contributed by atoms with Gasteiger partial charge in [-0.3, -0.25) is 24.0 Å². The fraction of sp³-hybridized carbons (Fsp3) is 0.303. The zero-order valence-electron chi connectivity index (χ0n) is 27.9. The number of benzene rings is 1. The molecule has 0 spiro atoms. The molecule has 3 aromatic heterocycles. The lowest BCUT2D eigenvalue weighted by atomic mass is 10.1. The second kappa shape index (κ2) is 16.0. The van der Waals surface area contributed by atoms with Crippen molar-refractivity contribution in [1.29, 1.82) is 0 Å². The minimum absolute atomic E-state index is 0.00531. The molecule has 260 valence electrons. The molecule has 0 radical (unpaired) electrons. The van der Waals surface area contributed by atoms with Crippen LogP contribution < -0.4 is 36.9 Å². The summed E-state index contributed by atoms with van der Waals surface area (Å²) in [6.45, 7) is 2.38. The zero-order valence-corrected chi connectivity index (χ0v) is 28.7. The zero-order chi connectivity index (χ0) is 35.8. The summed E-state index contributed by atoms with van der Waals surface area (Å²) in [6.07, 6.45) is 5.55. The second-order valence-electron chi connectivity index (χ2n) is 11.1. The Balaban J connectivity index is 1.47. The van der Waals surface area contributed by atoms with Crippen molar-refractivity contribution in [1.82, 2.24) is 24.4 Å². The Bertz CT molecular complexity index is 1880. The van der Waals surface area contributed by atoms with E-state index >= 15 is 0 Å². The van der Waals surface area contributed by atoms with Gasteiger partial charge in [0.2, 0.25) is 5.91 Å². The molecule has 5 amide bonds. The third kappa shape index (κ3) is 8.69. The van der Waals surface area contributed by atoms with Crippen molar-refractivity contribution in [2.45, 2.75) is 19.8 Å². The van der Waals surface area contributed by atoms with Gasteiger partial charge in [0.05, 0.1) is 24.2 Å². The van der Waals surface area contributed by atoms with Crippen LogP contribution in [-0.4, -0.2) is 69.3 Å². The number of alkyl halides is 1. The molecule has 3 heterocycles. The smallest absolute Gasteiger partial charge is 0.272 e. The second-order valence-corrected chi connectivity index (χ2v) is 11.5. The van der Waals surface area contributed by atoms with Crippen LogP contribution >= 0.6 is 11.6 Å². The summed E-state index contributed by atoms with van der Waals surface area (Å²) in [4.78, 5) is 63.6. The van der Waals surface area contributed by atoms with E-state index in [0.717, 1.165) is 12.0 Å². The maximum atomic E-state index is 13.6. The highest BCUT2D eigenvalue weighted by Gasteiger charge is 2.24. The van der Waals surface area contributed by atoms with Gasteiger partial charge in [-0.1, -0.05) is 13.0 Å². The Hall–Kier alpha value is -5.54. The molecule has 16 heteroatoms. The van der Waals surface area contributed by atoms with E-state index in [1.54, 1.807) is 78.7 Å². The van der Waals surface area contributed by atoms with E-state index in [2.05, 4.69) is 21.4 Å². The molecular formula is C33H40ClN9O6. The van der Waals surface area contributed by atoms with Gasteiger partial charge in [-0.05, 0) is 42.3 Å². The lowest BCUT2D eigenvalue weighted by molar-refractivity contribution is -0.117. The van der Waals surface area contributed by atoms with Crippen LogP contribution in [-0.2, 0) is 32.4 Å². The van der Waals surface area contributed by atoms with E-state index in [-0.39, 0.29) is 48.4 Å². The lowest BCUT2D eigenvalue weighted by Crippen LogP contribution is -2.44. The Labute approximate surface area is 288 Å². The number of ether oxygens (including phenoxy) is 1. The summed E-state index contributed by atoms with van der Waals surface area (Å²) in [7, 11) is 6.53. The maximum Gasteiger partial charge on any atom is 0.272 e. The quantitative estimate of drug-likeness (QED) is 0.0936. The van der Waals surface area contributed by atoms with Crippen LogP contribution in [0.1, 0.15) is 60.7 Å². The van der Waals surface area contributed by atoms with Crippen molar-refractivity contribution >= 4 is 58.2 Å². The first-order chi connectivity index (χ1) is 23.4. The summed E-state index contributed by atoms with van der Waals surface area (Å²) in [5.41, 5.74) is 11.4. The van der Waals surface area contributed by atoms with E-state index in [1.165, 1.54) is 17.1 Å². The van der Waals surface area contributed by atoms with E-state index < -0.39 is 23.6 Å². The summed E-state index contributed by atoms with van der Waals surface area (Å²) in [5.74, 6) is -1.42. The molecule has 0 unspecified atom stereocenters. The fourth-order valence-corrected chi connectivity index (χ4v) is 5.21. The average Bonchev–Trinajstić information content (AvgIpc) is 3.75. The first kappa shape index (κ1) is 36.3. The topological polar surface area (TPSA) is 187 Å². The number of aromatic nitrogens is 3. The first-order valence-corrected chi connectivity index (χ1v) is 15.9. The number of rotatable bonds is 15. The standard InChI is InChI=1S/C33H40ClN9O6/c1-6-20-7-8-21(13-28(20)49-5)33(48)43(37-12-10-34)24-16-27(42(4)19-24)32(47)39-23-15-26(41(3)18-23)31(46)38-22-14-25(40(2)17-22)30(45)36-11-9-29(35)44/h7-8,13-19,37H,6,9-12H2,1-5H3,(H2,35,44)(H,36,45)(H,38,46)(H,39,47). The Morgan fingerprint density at radius 1 is 0.816 bits per heavy atom. The number of methoxy groups -OCH3 is 1. The molecule has 0 saturated carbocycles. The number of hydrogen-bond donors (Lipinski definition) is 5. The van der Waals surface area contributed by atoms with Crippen molar-refractivity contribution in [2.24, 2.45) is 26.9 Å². The van der Waals surface area contributed by atoms with Crippen LogP contribution in [0.25, 0.3) is 0 Å². The van der Waals surface area contributed by atoms with Crippen LogP contribution in [0.4, 0.5) is 17.1 Å². The van der Waals surface area contributed by atoms with E-state index in [1.807, 2.05) is 13.0 Å². The van der Waals surface area contributed by atoms with Crippen LogP contribution in [0.5, 0.6) is 5.75 Å². The number of nitrogens with two attached hydrogens (primary N) is 1. The number of hydrazine groups is 1. The fourth-order valence-electron chi connectivity index (χ4n) is 5.13. The number of hydrogen-bond acceptors (Lipinski definition) is 7. The number of amides is 5. The van der Waals surface area contributed by atoms with Gasteiger partial charge in [0, 0.05) is 70.7 Å². The maximum absolute atomic E-state index is 13.6. The summed E-state index contributed by atoms with van der Waals surface area (Å²) in [6, 6.07) is 9.83. The molecule has 0 atom stereocenters. The Morgan fingerprint density at radius 3 is 1.94 bits per heavy atom. The SMILES string of the molecule is CCc1ccc(C(=O)N(NCCCl)c2cc(C(=O)Nc3cc(C(=O)Nc4cc(C(=O)NCCC(N)=O)n(C)c4)n(C)c3)n(C)c2)cc1OC. The highest BCUT2D eigenvalue weighted by Crippen LogP contribution is 2.25. The molecule has 4 aromatic rings. The predicted molar refractivity (Wildman–Crippen MR) is 186 cm³/mol. The molecule has 1 aromatic carbocycles. The highest BCUT2D eigenvalue weighted by molar-refractivity contribution is 6.18. The van der Waals surface area contributed by atoms with Crippen LogP contribution in [0.2, 0.25) is 0 Å². The average molecular weight is 694 g/mol. The number of nitrogens with one attached hydrogen (secondary N) is 4. The molecule has 49 heavy (non-hydrogen) atoms. The first-order valence-electron chi connectivity index (χ1n) is 15.4. The van der Waals surface area contributed by atoms with Gasteiger partial charge in [0.1, 0.15) is 22.8 Å². The van der Waals surface area contributed by atoms with Gasteiger partial charge in [-0.2, -0.15) is 0 Å². The number of primary amides is 1. The normalized spacial score (nSPS) is 10.8. The molecule has 0 fully saturated rings. The summed E-state index contributed by atoms with van der Waals surface area (Å²) in [5, 5.41) is 9.50. The van der Waals surface area contributed by atoms with Crippen molar-refractivity contribution in [2.75, 3.05) is 41.7 Å². The third-order valence-corrected chi connectivity index (χ3v) is 7.80. The van der Waals surface area contributed by atoms with Crippen LogP contribution in [0.3, 0.4) is 0 Å². The Kier molecular flexibility index (Phi) is 11.9. The third-order valence-electron chi connectivity index (χ3n) is 7.61. The molecular weight excluding hydrogens is 654 g/mol. The number of nitrogens with zero attached hydrogens (tertiary/aromatic N) is 4. The molecule has 6 N–H and O–H groups in total. The predicted octanol–water partition coefficient (Wildman–Crippen LogP) is 2.77. The molecule has 15 nitrogen and oxygen atoms in total. The summed E-state index contributed by atoms with van der Waals surface area (Å²) < 4.78 is 10.1. The number of carbonyl (C=O) groups is 5. The van der Waals surface area contributed by atoms with Crippen molar-refractivity contribution in [3.8, 4) is 5.75 Å². The number of halogens is 1. The van der Waals surface area contributed by atoms with Gasteiger partial charge < -0.3 is 40.1 Å². The van der Waals surface area contributed by atoms with E-state index in [4.69, 9.17) is 22.1 Å². The number of anilines is 3. The minimum atomic E-state index is -0.531. The van der Waals surface area contributed by atoms with E-state index in [0.29, 0.717) is 28.4 Å². The number of aryl methyl sites for hydroxylation is 4. The van der Waals surface area contributed by atoms with Gasteiger partial charge in [-0.25, -0.2) is 10.4 Å². The molecule has 0 aliphatic carbocycles. The minimum Gasteiger partial charge on any atom is -0.496 e. The lowest BCUT2D eigenvalue weighted by Gasteiger charge is -2.22. The number of carbonyl (C=O) groups excluding carboxylic acids is 5. The van der Waals surface area contributed by atoms with Gasteiger partial charge in [0.25, 0.3) is 23.6 Å². The van der Waals surface area contributed by atoms with Crippen molar-refractivity contribution < 1.29 is 28.7 Å². The monoisotopic (exact) mass is 693 g/mol.